The number of ether oxygens (including phenoxy) is 1. The predicted octanol–water partition coefficient (Wildman–Crippen LogP) is -0.977. The number of carboxylic acid groups (broad SMARTS) is 1. The van der Waals surface area contributed by atoms with Crippen molar-refractivity contribution in [2.75, 3.05) is 0 Å². The number of nitrogens with one attached hydrogen (secondary N) is 1. The number of H-pyrrole nitrogens is 1. The predicted molar refractivity (Wildman–Crippen MR) is 79.1 cm³/mol. The van der Waals surface area contributed by atoms with Crippen LogP contribution in [0.4, 0.5) is 0 Å². The summed E-state index contributed by atoms with van der Waals surface area (Å²) in [5, 5.41) is 17.0. The summed E-state index contributed by atoms with van der Waals surface area (Å²) in [5.41, 5.74) is 2.43. The van der Waals surface area contributed by atoms with Gasteiger partial charge in [0.05, 0.1) is 11.7 Å². The first kappa shape index (κ1) is 16.9. The van der Waals surface area contributed by atoms with Crippen molar-refractivity contribution in [2.24, 2.45) is 0 Å². The number of rotatable bonds is 5. The third-order valence-electron chi connectivity index (χ3n) is 3.20. The molecular formula is C17H13LiN2O3. The molecule has 0 fully saturated rings. The molecule has 3 aromatic rings. The minimum atomic E-state index is -1.30. The fourth-order valence-corrected chi connectivity index (χ4v) is 2.05. The second-order valence-corrected chi connectivity index (χ2v) is 4.75. The van der Waals surface area contributed by atoms with E-state index in [1.54, 1.807) is 0 Å². The van der Waals surface area contributed by atoms with E-state index in [0.29, 0.717) is 12.3 Å². The number of carbonyl (C=O) groups is 1. The molecule has 0 saturated carbocycles. The summed E-state index contributed by atoms with van der Waals surface area (Å²) in [6, 6.07) is 18.7. The monoisotopic (exact) mass is 300 g/mol. The number of hydrogen-bond donors (Lipinski definition) is 1. The van der Waals surface area contributed by atoms with Crippen LogP contribution in [0.25, 0.3) is 11.3 Å². The van der Waals surface area contributed by atoms with Crippen LogP contribution in [-0.4, -0.2) is 16.2 Å². The van der Waals surface area contributed by atoms with Crippen molar-refractivity contribution in [3.63, 3.8) is 0 Å². The topological polar surface area (TPSA) is 78.0 Å². The maximum atomic E-state index is 10.7. The summed E-state index contributed by atoms with van der Waals surface area (Å²) in [7, 11) is 0. The Morgan fingerprint density at radius 3 is 2.39 bits per heavy atom. The summed E-state index contributed by atoms with van der Waals surface area (Å²) in [4.78, 5) is 10.7. The van der Waals surface area contributed by atoms with Crippen molar-refractivity contribution < 1.29 is 33.5 Å². The van der Waals surface area contributed by atoms with Crippen LogP contribution in [0.5, 0.6) is 5.75 Å². The Hall–Kier alpha value is -2.48. The van der Waals surface area contributed by atoms with Crippen molar-refractivity contribution in [3.05, 3.63) is 71.9 Å². The van der Waals surface area contributed by atoms with Gasteiger partial charge in [0, 0.05) is 0 Å². The minimum absolute atomic E-state index is 0. The van der Waals surface area contributed by atoms with Gasteiger partial charge in [-0.15, -0.1) is 0 Å². The molecule has 0 aliphatic heterocycles. The number of benzene rings is 2. The van der Waals surface area contributed by atoms with E-state index in [-0.39, 0.29) is 24.6 Å². The van der Waals surface area contributed by atoms with Crippen LogP contribution < -0.4 is 28.7 Å². The summed E-state index contributed by atoms with van der Waals surface area (Å²) < 4.78 is 5.70. The fourth-order valence-electron chi connectivity index (χ4n) is 2.05. The standard InChI is InChI=1S/C17H14N2O3.Li/c20-17(21)16-10-15(18-19-16)13-6-8-14(9-7-13)22-11-12-4-2-1-3-5-12;/h1-10H,11H2,(H,18,19)(H,20,21);/q;+1/p-1. The van der Waals surface area contributed by atoms with Gasteiger partial charge < -0.3 is 14.6 Å². The first-order valence-electron chi connectivity index (χ1n) is 6.76. The number of nitrogens with zero attached hydrogens (tertiary/aromatic N) is 1. The summed E-state index contributed by atoms with van der Waals surface area (Å²) in [6.45, 7) is 0.499. The third kappa shape index (κ3) is 4.25. The number of hydrogen-bond acceptors (Lipinski definition) is 4. The molecule has 6 heteroatoms. The van der Waals surface area contributed by atoms with E-state index in [1.165, 1.54) is 6.07 Å². The van der Waals surface area contributed by atoms with E-state index in [2.05, 4.69) is 10.2 Å². The van der Waals surface area contributed by atoms with Crippen LogP contribution >= 0.6 is 0 Å². The molecular weight excluding hydrogens is 287 g/mol. The molecule has 5 nitrogen and oxygen atoms in total. The quantitative estimate of drug-likeness (QED) is 0.615. The molecule has 1 aromatic heterocycles. The molecule has 0 spiro atoms. The Morgan fingerprint density at radius 2 is 1.78 bits per heavy atom. The summed E-state index contributed by atoms with van der Waals surface area (Å²) in [5.74, 6) is -0.558. The number of carboxylic acids is 1. The zero-order chi connectivity index (χ0) is 15.4. The maximum Gasteiger partial charge on any atom is 1.00 e. The average molecular weight is 300 g/mol. The van der Waals surface area contributed by atoms with Gasteiger partial charge >= 0.3 is 18.9 Å². The van der Waals surface area contributed by atoms with Gasteiger partial charge in [0.2, 0.25) is 0 Å². The zero-order valence-corrected chi connectivity index (χ0v) is 12.7. The number of aromatic nitrogens is 2. The molecule has 2 aromatic carbocycles. The molecule has 0 bridgehead atoms. The molecule has 1 N–H and O–H groups in total. The number of aromatic carboxylic acids is 1. The summed E-state index contributed by atoms with van der Waals surface area (Å²) >= 11 is 0. The maximum absolute atomic E-state index is 10.7. The van der Waals surface area contributed by atoms with Crippen molar-refractivity contribution >= 4 is 5.97 Å². The third-order valence-corrected chi connectivity index (χ3v) is 3.20. The Bertz CT molecular complexity index is 770. The van der Waals surface area contributed by atoms with Crippen LogP contribution in [-0.2, 0) is 6.61 Å². The number of carbonyl (C=O) groups excluding carboxylic acids is 1. The molecule has 0 atom stereocenters. The van der Waals surface area contributed by atoms with Crippen LogP contribution in [0.2, 0.25) is 0 Å². The van der Waals surface area contributed by atoms with E-state index in [1.807, 2.05) is 54.6 Å². The smallest absolute Gasteiger partial charge is 0.543 e. The van der Waals surface area contributed by atoms with E-state index in [0.717, 1.165) is 16.9 Å². The van der Waals surface area contributed by atoms with Gasteiger partial charge in [-0.25, -0.2) is 0 Å². The van der Waals surface area contributed by atoms with Gasteiger partial charge in [-0.1, -0.05) is 30.3 Å². The number of aromatic amines is 1. The largest absolute Gasteiger partial charge is 1.00 e. The van der Waals surface area contributed by atoms with Crippen LogP contribution in [0.3, 0.4) is 0 Å². The fraction of sp³-hybridized carbons (Fsp3) is 0.0588. The van der Waals surface area contributed by atoms with Crippen LogP contribution in [0.1, 0.15) is 16.1 Å². The van der Waals surface area contributed by atoms with E-state index in [9.17, 15) is 9.90 Å². The van der Waals surface area contributed by atoms with Crippen LogP contribution in [0.15, 0.2) is 60.7 Å². The van der Waals surface area contributed by atoms with Gasteiger partial charge in [0.1, 0.15) is 18.1 Å². The molecule has 23 heavy (non-hydrogen) atoms. The Labute approximate surface area is 145 Å². The van der Waals surface area contributed by atoms with Crippen LogP contribution in [0, 0.1) is 0 Å². The van der Waals surface area contributed by atoms with Gasteiger partial charge in [-0.3, -0.25) is 5.10 Å². The molecule has 3 rings (SSSR count). The Morgan fingerprint density at radius 1 is 1.09 bits per heavy atom. The van der Waals surface area contributed by atoms with Crippen molar-refractivity contribution in [3.8, 4) is 17.0 Å². The van der Waals surface area contributed by atoms with E-state index >= 15 is 0 Å². The van der Waals surface area contributed by atoms with Gasteiger partial charge in [-0.2, -0.15) is 5.10 Å². The Kier molecular flexibility index (Phi) is 5.64. The first-order valence-corrected chi connectivity index (χ1v) is 6.76. The SMILES string of the molecule is O=C([O-])c1cc(-c2ccc(OCc3ccccc3)cc2)[nH]n1.[Li+]. The van der Waals surface area contributed by atoms with E-state index < -0.39 is 5.97 Å². The Balaban J connectivity index is 0.00000192. The minimum Gasteiger partial charge on any atom is -0.543 e. The first-order chi connectivity index (χ1) is 10.7. The average Bonchev–Trinajstić information content (AvgIpc) is 3.05. The normalized spacial score (nSPS) is 9.91. The van der Waals surface area contributed by atoms with Crippen molar-refractivity contribution in [1.82, 2.24) is 10.2 Å². The molecule has 0 amide bonds. The van der Waals surface area contributed by atoms with Gasteiger partial charge in [-0.05, 0) is 41.5 Å². The molecule has 110 valence electrons. The molecule has 1 heterocycles. The molecule has 0 saturated heterocycles. The zero-order valence-electron chi connectivity index (χ0n) is 12.7. The van der Waals surface area contributed by atoms with Gasteiger partial charge in [0.15, 0.2) is 0 Å². The van der Waals surface area contributed by atoms with Gasteiger partial charge in [0.25, 0.3) is 0 Å². The second kappa shape index (κ2) is 7.68. The second-order valence-electron chi connectivity index (χ2n) is 4.75. The van der Waals surface area contributed by atoms with Crippen molar-refractivity contribution in [2.45, 2.75) is 6.61 Å². The molecule has 0 aliphatic carbocycles. The molecule has 0 aliphatic rings. The summed E-state index contributed by atoms with van der Waals surface area (Å²) in [6.07, 6.45) is 0. The van der Waals surface area contributed by atoms with Crippen molar-refractivity contribution in [1.29, 1.82) is 0 Å². The molecule has 0 unspecified atom stereocenters. The van der Waals surface area contributed by atoms with E-state index in [4.69, 9.17) is 4.74 Å². The molecule has 0 radical (unpaired) electrons.